The molecule has 3 atom stereocenters. The number of rotatable bonds is 6. The minimum atomic E-state index is -0.307. The van der Waals surface area contributed by atoms with Crippen LogP contribution in [-0.2, 0) is 11.2 Å². The standard InChI is InChI=1S/C28H36N2O5/c1-16-8-6-7-9-21(16)30-23-13-11-19-20(15-24(23)32)22(29-17(2)31)12-10-18-14-25(33-3)27(34-4)28(35-5)26(18)19/h11,13-16,21-22H,6-10,12H2,1-5H3,(H,29,31)(H,30,32). The summed E-state index contributed by atoms with van der Waals surface area (Å²) >= 11 is 0. The fourth-order valence-electron chi connectivity index (χ4n) is 5.56. The quantitative estimate of drug-likeness (QED) is 0.615. The van der Waals surface area contributed by atoms with Gasteiger partial charge in [0.1, 0.15) is 0 Å². The molecule has 2 N–H and O–H groups in total. The van der Waals surface area contributed by atoms with Gasteiger partial charge in [0.15, 0.2) is 11.5 Å². The molecule has 35 heavy (non-hydrogen) atoms. The first-order valence-corrected chi connectivity index (χ1v) is 12.4. The van der Waals surface area contributed by atoms with Gasteiger partial charge in [-0.1, -0.05) is 25.8 Å². The number of amides is 1. The van der Waals surface area contributed by atoms with E-state index in [1.807, 2.05) is 18.2 Å². The van der Waals surface area contributed by atoms with Crippen molar-refractivity contribution < 1.29 is 19.0 Å². The van der Waals surface area contributed by atoms with E-state index >= 15 is 0 Å². The van der Waals surface area contributed by atoms with Gasteiger partial charge in [-0.15, -0.1) is 0 Å². The molecule has 7 nitrogen and oxygen atoms in total. The monoisotopic (exact) mass is 480 g/mol. The molecule has 0 saturated heterocycles. The van der Waals surface area contributed by atoms with Crippen LogP contribution in [0.3, 0.4) is 0 Å². The number of nitrogens with one attached hydrogen (secondary N) is 2. The van der Waals surface area contributed by atoms with E-state index in [0.717, 1.165) is 35.1 Å². The first kappa shape index (κ1) is 24.9. The molecule has 0 heterocycles. The zero-order chi connectivity index (χ0) is 25.1. The van der Waals surface area contributed by atoms with Gasteiger partial charge in [-0.3, -0.25) is 9.59 Å². The lowest BCUT2D eigenvalue weighted by Gasteiger charge is -2.29. The highest BCUT2D eigenvalue weighted by Crippen LogP contribution is 2.50. The van der Waals surface area contributed by atoms with Crippen molar-refractivity contribution in [1.82, 2.24) is 5.32 Å². The van der Waals surface area contributed by atoms with Gasteiger partial charge in [0.25, 0.3) is 0 Å². The lowest BCUT2D eigenvalue weighted by Crippen LogP contribution is -2.32. The average Bonchev–Trinajstić information content (AvgIpc) is 3.08. The van der Waals surface area contributed by atoms with Gasteiger partial charge in [-0.2, -0.15) is 0 Å². The number of benzene rings is 1. The molecular formula is C28H36N2O5. The molecule has 0 radical (unpaired) electrons. The third-order valence-corrected chi connectivity index (χ3v) is 7.37. The van der Waals surface area contributed by atoms with Gasteiger partial charge in [-0.25, -0.2) is 0 Å². The van der Waals surface area contributed by atoms with E-state index < -0.39 is 0 Å². The van der Waals surface area contributed by atoms with Gasteiger partial charge >= 0.3 is 0 Å². The average molecular weight is 481 g/mol. The van der Waals surface area contributed by atoms with Crippen LogP contribution in [-0.4, -0.2) is 33.3 Å². The summed E-state index contributed by atoms with van der Waals surface area (Å²) in [4.78, 5) is 25.5. The van der Waals surface area contributed by atoms with E-state index in [1.165, 1.54) is 19.8 Å². The highest BCUT2D eigenvalue weighted by Gasteiger charge is 2.30. The van der Waals surface area contributed by atoms with Crippen LogP contribution in [0.25, 0.3) is 11.1 Å². The normalized spacial score (nSPS) is 21.1. The number of carbonyl (C=O) groups is 1. The molecule has 0 spiro atoms. The van der Waals surface area contributed by atoms with Crippen molar-refractivity contribution in [1.29, 1.82) is 0 Å². The first-order chi connectivity index (χ1) is 16.9. The number of hydrogen-bond acceptors (Lipinski definition) is 6. The van der Waals surface area contributed by atoms with Gasteiger partial charge in [0, 0.05) is 18.5 Å². The summed E-state index contributed by atoms with van der Waals surface area (Å²) in [5, 5.41) is 6.59. The van der Waals surface area contributed by atoms with Gasteiger partial charge in [0.2, 0.25) is 17.1 Å². The maximum absolute atomic E-state index is 13.5. The molecule has 7 heteroatoms. The number of ether oxygens (including phenoxy) is 3. The Kier molecular flexibility index (Phi) is 7.53. The Morgan fingerprint density at radius 3 is 2.37 bits per heavy atom. The fraction of sp³-hybridized carbons (Fsp3) is 0.500. The largest absolute Gasteiger partial charge is 0.493 e. The predicted molar refractivity (Wildman–Crippen MR) is 138 cm³/mol. The Bertz CT molecular complexity index is 1160. The van der Waals surface area contributed by atoms with Gasteiger partial charge < -0.3 is 24.8 Å². The highest BCUT2D eigenvalue weighted by atomic mass is 16.5. The Hall–Kier alpha value is -3.22. The number of fused-ring (bicyclic) bond motifs is 3. The van der Waals surface area contributed by atoms with Crippen molar-refractivity contribution in [3.05, 3.63) is 45.6 Å². The molecule has 188 valence electrons. The van der Waals surface area contributed by atoms with E-state index in [-0.39, 0.29) is 23.4 Å². The van der Waals surface area contributed by atoms with Crippen molar-refractivity contribution in [2.45, 2.75) is 64.5 Å². The van der Waals surface area contributed by atoms with Gasteiger partial charge in [0.05, 0.1) is 33.1 Å². The molecule has 1 saturated carbocycles. The molecule has 0 bridgehead atoms. The minimum absolute atomic E-state index is 0.0812. The van der Waals surface area contributed by atoms with E-state index in [1.54, 1.807) is 27.4 Å². The molecule has 2 aliphatic carbocycles. The summed E-state index contributed by atoms with van der Waals surface area (Å²) in [6.07, 6.45) is 5.95. The Labute approximate surface area is 207 Å². The van der Waals surface area contributed by atoms with Crippen molar-refractivity contribution in [3.63, 3.8) is 0 Å². The lowest BCUT2D eigenvalue weighted by molar-refractivity contribution is -0.119. The molecule has 4 rings (SSSR count). The zero-order valence-electron chi connectivity index (χ0n) is 21.3. The van der Waals surface area contributed by atoms with E-state index in [9.17, 15) is 9.59 Å². The van der Waals surface area contributed by atoms with Crippen LogP contribution in [0, 0.1) is 5.92 Å². The van der Waals surface area contributed by atoms with Crippen LogP contribution < -0.4 is 30.3 Å². The second kappa shape index (κ2) is 10.6. The van der Waals surface area contributed by atoms with Crippen molar-refractivity contribution in [3.8, 4) is 28.4 Å². The minimum Gasteiger partial charge on any atom is -0.493 e. The predicted octanol–water partition coefficient (Wildman–Crippen LogP) is 4.85. The van der Waals surface area contributed by atoms with Crippen LogP contribution in [0.15, 0.2) is 29.1 Å². The summed E-state index contributed by atoms with van der Waals surface area (Å²) < 4.78 is 17.1. The van der Waals surface area contributed by atoms with Crippen LogP contribution in [0.2, 0.25) is 0 Å². The summed E-state index contributed by atoms with van der Waals surface area (Å²) in [6.45, 7) is 3.75. The maximum atomic E-state index is 13.5. The van der Waals surface area contributed by atoms with Crippen molar-refractivity contribution >= 4 is 11.6 Å². The van der Waals surface area contributed by atoms with E-state index in [0.29, 0.717) is 41.7 Å². The van der Waals surface area contributed by atoms with Crippen molar-refractivity contribution in [2.75, 3.05) is 26.6 Å². The third kappa shape index (κ3) is 4.95. The zero-order valence-corrected chi connectivity index (χ0v) is 21.3. The highest BCUT2D eigenvalue weighted by molar-refractivity contribution is 5.83. The summed E-state index contributed by atoms with van der Waals surface area (Å²) in [7, 11) is 4.79. The number of carbonyl (C=O) groups excluding carboxylic acids is 1. The number of methoxy groups -OCH3 is 3. The Morgan fingerprint density at radius 1 is 0.971 bits per heavy atom. The van der Waals surface area contributed by atoms with Crippen molar-refractivity contribution in [2.24, 2.45) is 5.92 Å². The maximum Gasteiger partial charge on any atom is 0.217 e. The second-order valence-corrected chi connectivity index (χ2v) is 9.61. The molecule has 1 fully saturated rings. The SMILES string of the molecule is COc1cc2c(c(OC)c1OC)-c1ccc(NC3CCCCC3C)c(=O)cc1C(NC(C)=O)CC2. The first-order valence-electron chi connectivity index (χ1n) is 12.4. The number of hydrogen-bond donors (Lipinski definition) is 2. The second-order valence-electron chi connectivity index (χ2n) is 9.61. The summed E-state index contributed by atoms with van der Waals surface area (Å²) in [5.74, 6) is 2.01. The molecule has 3 unspecified atom stereocenters. The molecule has 2 aliphatic rings. The molecular weight excluding hydrogens is 444 g/mol. The van der Waals surface area contributed by atoms with Crippen LogP contribution >= 0.6 is 0 Å². The molecule has 0 aromatic heterocycles. The van der Waals surface area contributed by atoms with E-state index in [4.69, 9.17) is 14.2 Å². The third-order valence-electron chi connectivity index (χ3n) is 7.37. The molecule has 2 aromatic rings. The van der Waals surface area contributed by atoms with Crippen LogP contribution in [0.5, 0.6) is 17.2 Å². The van der Waals surface area contributed by atoms with Crippen LogP contribution in [0.1, 0.15) is 63.1 Å². The summed E-state index contributed by atoms with van der Waals surface area (Å²) in [5.41, 5.74) is 4.00. The topological polar surface area (TPSA) is 85.9 Å². The van der Waals surface area contributed by atoms with E-state index in [2.05, 4.69) is 17.6 Å². The summed E-state index contributed by atoms with van der Waals surface area (Å²) in [6, 6.07) is 7.45. The van der Waals surface area contributed by atoms with Crippen LogP contribution in [0.4, 0.5) is 5.69 Å². The molecule has 2 aromatic carbocycles. The Balaban J connectivity index is 1.93. The molecule has 1 amide bonds. The smallest absolute Gasteiger partial charge is 0.217 e. The lowest BCUT2D eigenvalue weighted by atomic mass is 9.86. The fourth-order valence-corrected chi connectivity index (χ4v) is 5.56. The van der Waals surface area contributed by atoms with Gasteiger partial charge in [-0.05, 0) is 66.5 Å². The molecule has 0 aliphatic heterocycles. The Morgan fingerprint density at radius 2 is 1.71 bits per heavy atom. The number of anilines is 1. The number of aryl methyl sites for hydroxylation is 1.